The summed E-state index contributed by atoms with van der Waals surface area (Å²) >= 11 is 0. The van der Waals surface area contributed by atoms with Crippen LogP contribution in [0.5, 0.6) is 0 Å². The highest BCUT2D eigenvalue weighted by Crippen LogP contribution is 2.03. The number of rotatable bonds is 9. The van der Waals surface area contributed by atoms with E-state index in [1.54, 1.807) is 21.0 Å². The van der Waals surface area contributed by atoms with Gasteiger partial charge in [-0.3, -0.25) is 0 Å². The van der Waals surface area contributed by atoms with Crippen molar-refractivity contribution < 1.29 is 17.9 Å². The molecule has 0 aromatic carbocycles. The monoisotopic (exact) mass is 253 g/mol. The first-order valence-electron chi connectivity index (χ1n) is 5.33. The first kappa shape index (κ1) is 15.8. The van der Waals surface area contributed by atoms with Gasteiger partial charge in [-0.05, 0) is 20.3 Å². The average Bonchev–Trinajstić information content (AvgIpc) is 2.06. The summed E-state index contributed by atoms with van der Waals surface area (Å²) in [5, 5.41) is 0. The van der Waals surface area contributed by atoms with E-state index in [0.717, 1.165) is 6.42 Å². The first-order valence-corrected chi connectivity index (χ1v) is 7.15. The maximum atomic E-state index is 11.6. The highest BCUT2D eigenvalue weighted by Gasteiger charge is 2.21. The van der Waals surface area contributed by atoms with Crippen molar-refractivity contribution in [3.8, 4) is 0 Å². The van der Waals surface area contributed by atoms with Gasteiger partial charge in [0.15, 0.2) is 9.84 Å². The highest BCUT2D eigenvalue weighted by molar-refractivity contribution is 7.91. The van der Waals surface area contributed by atoms with Gasteiger partial charge in [0, 0.05) is 25.9 Å². The third-order valence-electron chi connectivity index (χ3n) is 1.77. The van der Waals surface area contributed by atoms with Crippen molar-refractivity contribution in [2.75, 3.05) is 38.4 Å². The Morgan fingerprint density at radius 2 is 1.81 bits per heavy atom. The number of hydrogen-bond acceptors (Lipinski definition) is 5. The molecule has 0 bridgehead atoms. The van der Waals surface area contributed by atoms with Gasteiger partial charge >= 0.3 is 0 Å². The minimum absolute atomic E-state index is 0.0125. The van der Waals surface area contributed by atoms with Crippen molar-refractivity contribution in [2.24, 2.45) is 5.73 Å². The summed E-state index contributed by atoms with van der Waals surface area (Å²) in [4.78, 5) is 0. The van der Waals surface area contributed by atoms with Crippen LogP contribution >= 0.6 is 0 Å². The molecule has 0 heterocycles. The van der Waals surface area contributed by atoms with E-state index < -0.39 is 15.4 Å². The van der Waals surface area contributed by atoms with Gasteiger partial charge in [0.2, 0.25) is 0 Å². The number of nitrogens with two attached hydrogens (primary N) is 1. The molecular weight excluding hydrogens is 230 g/mol. The topological polar surface area (TPSA) is 78.6 Å². The zero-order valence-electron chi connectivity index (χ0n) is 10.4. The molecule has 0 fully saturated rings. The Morgan fingerprint density at radius 1 is 1.19 bits per heavy atom. The molecule has 0 saturated heterocycles. The van der Waals surface area contributed by atoms with Crippen molar-refractivity contribution >= 4 is 9.84 Å². The zero-order valence-corrected chi connectivity index (χ0v) is 11.2. The summed E-state index contributed by atoms with van der Waals surface area (Å²) < 4.78 is 33.1. The SMILES string of the molecule is COCCCOCCS(=O)(=O)CC(C)(C)N. The lowest BCUT2D eigenvalue weighted by Crippen LogP contribution is -2.41. The van der Waals surface area contributed by atoms with E-state index in [4.69, 9.17) is 15.2 Å². The number of sulfone groups is 1. The smallest absolute Gasteiger partial charge is 0.154 e. The van der Waals surface area contributed by atoms with Gasteiger partial charge in [-0.2, -0.15) is 0 Å². The molecule has 0 amide bonds. The van der Waals surface area contributed by atoms with Crippen LogP contribution in [0.2, 0.25) is 0 Å². The largest absolute Gasteiger partial charge is 0.385 e. The van der Waals surface area contributed by atoms with Crippen LogP contribution in [0.4, 0.5) is 0 Å². The molecule has 0 rings (SSSR count). The molecule has 0 atom stereocenters. The predicted molar refractivity (Wildman–Crippen MR) is 64.2 cm³/mol. The second-order valence-electron chi connectivity index (χ2n) is 4.54. The molecule has 0 aliphatic rings. The van der Waals surface area contributed by atoms with Crippen molar-refractivity contribution in [1.82, 2.24) is 0 Å². The van der Waals surface area contributed by atoms with Crippen LogP contribution in [0.3, 0.4) is 0 Å². The van der Waals surface area contributed by atoms with E-state index in [0.29, 0.717) is 13.2 Å². The van der Waals surface area contributed by atoms with Crippen LogP contribution in [0.1, 0.15) is 20.3 Å². The molecule has 0 aliphatic heterocycles. The maximum Gasteiger partial charge on any atom is 0.154 e. The highest BCUT2D eigenvalue weighted by atomic mass is 32.2. The van der Waals surface area contributed by atoms with Crippen LogP contribution in [-0.4, -0.2) is 52.4 Å². The number of methoxy groups -OCH3 is 1. The van der Waals surface area contributed by atoms with Crippen LogP contribution in [0.15, 0.2) is 0 Å². The summed E-state index contributed by atoms with van der Waals surface area (Å²) in [6, 6.07) is 0. The van der Waals surface area contributed by atoms with Crippen molar-refractivity contribution in [1.29, 1.82) is 0 Å². The van der Waals surface area contributed by atoms with E-state index in [-0.39, 0.29) is 18.1 Å². The lowest BCUT2D eigenvalue weighted by molar-refractivity contribution is 0.112. The Kier molecular flexibility index (Phi) is 7.14. The Balaban J connectivity index is 3.68. The summed E-state index contributed by atoms with van der Waals surface area (Å²) in [5.41, 5.74) is 4.97. The molecule has 0 aliphatic carbocycles. The first-order chi connectivity index (χ1) is 7.27. The van der Waals surface area contributed by atoms with Gasteiger partial charge < -0.3 is 15.2 Å². The van der Waals surface area contributed by atoms with Gasteiger partial charge in [-0.25, -0.2) is 8.42 Å². The van der Waals surface area contributed by atoms with Gasteiger partial charge in [-0.1, -0.05) is 0 Å². The molecule has 0 spiro atoms. The van der Waals surface area contributed by atoms with E-state index in [2.05, 4.69) is 0 Å². The zero-order chi connectivity index (χ0) is 12.7. The minimum atomic E-state index is -3.11. The lowest BCUT2D eigenvalue weighted by Gasteiger charge is -2.18. The summed E-state index contributed by atoms with van der Waals surface area (Å²) in [7, 11) is -1.49. The normalized spacial score (nSPS) is 13.0. The maximum absolute atomic E-state index is 11.6. The standard InChI is InChI=1S/C10H23NO4S/c1-10(2,11)9-16(12,13)8-7-15-6-4-5-14-3/h4-9,11H2,1-3H3. The summed E-state index contributed by atoms with van der Waals surface area (Å²) in [6.45, 7) is 4.77. The van der Waals surface area contributed by atoms with E-state index in [1.807, 2.05) is 0 Å². The van der Waals surface area contributed by atoms with Crippen LogP contribution in [0, 0.1) is 0 Å². The molecule has 0 aromatic rings. The van der Waals surface area contributed by atoms with Gasteiger partial charge in [0.25, 0.3) is 0 Å². The molecule has 6 heteroatoms. The van der Waals surface area contributed by atoms with Crippen LogP contribution < -0.4 is 5.73 Å². The number of hydrogen-bond donors (Lipinski definition) is 1. The van der Waals surface area contributed by atoms with Crippen molar-refractivity contribution in [3.63, 3.8) is 0 Å². The molecule has 98 valence electrons. The van der Waals surface area contributed by atoms with Crippen molar-refractivity contribution in [3.05, 3.63) is 0 Å². The second-order valence-corrected chi connectivity index (χ2v) is 6.72. The fraction of sp³-hybridized carbons (Fsp3) is 1.00. The molecule has 5 nitrogen and oxygen atoms in total. The summed E-state index contributed by atoms with van der Waals surface area (Å²) in [5.74, 6) is 0.0159. The third kappa shape index (κ3) is 10.4. The van der Waals surface area contributed by atoms with Crippen LogP contribution in [0.25, 0.3) is 0 Å². The Hall–Kier alpha value is -0.170. The predicted octanol–water partition coefficient (Wildman–Crippen LogP) is 0.192. The Bertz CT molecular complexity index is 269. The molecule has 0 aromatic heterocycles. The van der Waals surface area contributed by atoms with Crippen LogP contribution in [-0.2, 0) is 19.3 Å². The van der Waals surface area contributed by atoms with Gasteiger partial charge in [-0.15, -0.1) is 0 Å². The number of ether oxygens (including phenoxy) is 2. The molecule has 16 heavy (non-hydrogen) atoms. The summed E-state index contributed by atoms with van der Waals surface area (Å²) in [6.07, 6.45) is 0.777. The molecule has 2 N–H and O–H groups in total. The van der Waals surface area contributed by atoms with Crippen molar-refractivity contribution in [2.45, 2.75) is 25.8 Å². The fourth-order valence-corrected chi connectivity index (χ4v) is 2.88. The Morgan fingerprint density at radius 3 is 2.31 bits per heavy atom. The molecule has 0 saturated carbocycles. The van der Waals surface area contributed by atoms with E-state index >= 15 is 0 Å². The quantitative estimate of drug-likeness (QED) is 0.594. The molecular formula is C10H23NO4S. The Labute approximate surface area is 98.2 Å². The second kappa shape index (κ2) is 7.21. The molecule has 0 unspecified atom stereocenters. The van der Waals surface area contributed by atoms with E-state index in [1.165, 1.54) is 0 Å². The average molecular weight is 253 g/mol. The van der Waals surface area contributed by atoms with Gasteiger partial charge in [0.05, 0.1) is 18.1 Å². The fourth-order valence-electron chi connectivity index (χ4n) is 1.23. The molecule has 0 radical (unpaired) electrons. The minimum Gasteiger partial charge on any atom is -0.385 e. The van der Waals surface area contributed by atoms with E-state index in [9.17, 15) is 8.42 Å². The third-order valence-corrected chi connectivity index (χ3v) is 3.74. The lowest BCUT2D eigenvalue weighted by atomic mass is 10.1. The van der Waals surface area contributed by atoms with Gasteiger partial charge in [0.1, 0.15) is 0 Å².